The van der Waals surface area contributed by atoms with Crippen molar-refractivity contribution in [1.29, 1.82) is 0 Å². The molecule has 0 aliphatic rings. The van der Waals surface area contributed by atoms with Crippen LogP contribution in [0.4, 0.5) is 0 Å². The minimum atomic E-state index is 0.850. The lowest BCUT2D eigenvalue weighted by molar-refractivity contribution is 0.664. The van der Waals surface area contributed by atoms with Gasteiger partial charge in [-0.15, -0.1) is 0 Å². The normalized spacial score (nSPS) is 12.5. The topological polar surface area (TPSA) is 56.5 Å². The molecule has 8 rings (SSSR count). The van der Waals surface area contributed by atoms with Crippen molar-refractivity contribution in [2.45, 2.75) is 0 Å². The number of rotatable bonds is 0. The van der Waals surface area contributed by atoms with Gasteiger partial charge in [0.25, 0.3) is 0 Å². The van der Waals surface area contributed by atoms with E-state index in [2.05, 4.69) is 50.8 Å². The molecule has 3 aromatic carbocycles. The van der Waals surface area contributed by atoms with Crippen molar-refractivity contribution < 1.29 is 8.83 Å². The number of imidazole rings is 1. The molecule has 5 nitrogen and oxygen atoms in total. The predicted molar refractivity (Wildman–Crippen MR) is 123 cm³/mol. The third-order valence-electron chi connectivity index (χ3n) is 6.34. The summed E-state index contributed by atoms with van der Waals surface area (Å²) in [6.45, 7) is 0. The SMILES string of the molecule is c1ccc2c(c1)oc1cc3c(cc12)oc1cc2c(cc13)c1ccncc1c1nccn21. The van der Waals surface area contributed by atoms with Crippen LogP contribution in [0.1, 0.15) is 0 Å². The fourth-order valence-electron chi connectivity index (χ4n) is 4.95. The number of hydrogen-bond acceptors (Lipinski definition) is 4. The van der Waals surface area contributed by atoms with E-state index in [0.717, 1.165) is 71.2 Å². The highest BCUT2D eigenvalue weighted by Gasteiger charge is 2.16. The summed E-state index contributed by atoms with van der Waals surface area (Å²) < 4.78 is 14.6. The second-order valence-electron chi connectivity index (χ2n) is 7.95. The number of furan rings is 2. The van der Waals surface area contributed by atoms with Gasteiger partial charge in [0.1, 0.15) is 28.0 Å². The first kappa shape index (κ1) is 15.5. The van der Waals surface area contributed by atoms with Gasteiger partial charge in [-0.05, 0) is 35.7 Å². The Balaban J connectivity index is 1.58. The van der Waals surface area contributed by atoms with Crippen LogP contribution in [0.25, 0.3) is 71.2 Å². The molecule has 0 N–H and O–H groups in total. The van der Waals surface area contributed by atoms with Gasteiger partial charge in [-0.3, -0.25) is 9.38 Å². The summed E-state index contributed by atoms with van der Waals surface area (Å²) in [5.74, 6) is 0. The summed E-state index contributed by atoms with van der Waals surface area (Å²) in [5.41, 5.74) is 5.43. The molecular formula is C26H13N3O2. The Kier molecular flexibility index (Phi) is 2.60. The van der Waals surface area contributed by atoms with Crippen molar-refractivity contribution in [1.82, 2.24) is 14.4 Å². The van der Waals surface area contributed by atoms with E-state index in [0.29, 0.717) is 0 Å². The lowest BCUT2D eigenvalue weighted by atomic mass is 10.0. The zero-order valence-corrected chi connectivity index (χ0v) is 16.2. The van der Waals surface area contributed by atoms with Crippen LogP contribution >= 0.6 is 0 Å². The van der Waals surface area contributed by atoms with Crippen LogP contribution in [0, 0.1) is 0 Å². The van der Waals surface area contributed by atoms with Crippen molar-refractivity contribution in [2.24, 2.45) is 0 Å². The van der Waals surface area contributed by atoms with Gasteiger partial charge in [-0.1, -0.05) is 18.2 Å². The Bertz CT molecular complexity index is 2010. The standard InChI is InChI=1S/C26H13N3O2/c1-2-4-22-15(3-1)18-10-24-19(11-23(18)30-22)17-9-16-14-5-6-27-13-20(14)26-28-7-8-29(26)21(16)12-25(17)31-24/h1-13H. The number of para-hydroxylation sites is 1. The minimum absolute atomic E-state index is 0.850. The van der Waals surface area contributed by atoms with Gasteiger partial charge in [0.05, 0.1) is 5.52 Å². The Hall–Kier alpha value is -4.38. The van der Waals surface area contributed by atoms with Crippen molar-refractivity contribution in [3.8, 4) is 0 Å². The van der Waals surface area contributed by atoms with Crippen molar-refractivity contribution in [2.75, 3.05) is 0 Å². The third kappa shape index (κ3) is 1.86. The van der Waals surface area contributed by atoms with Crippen LogP contribution in [-0.2, 0) is 0 Å². The Morgan fingerprint density at radius 3 is 2.32 bits per heavy atom. The molecule has 0 amide bonds. The van der Waals surface area contributed by atoms with E-state index in [-0.39, 0.29) is 0 Å². The van der Waals surface area contributed by atoms with E-state index in [1.54, 1.807) is 0 Å². The molecule has 0 spiro atoms. The Morgan fingerprint density at radius 2 is 1.39 bits per heavy atom. The number of aromatic nitrogens is 3. The summed E-state index contributed by atoms with van der Waals surface area (Å²) in [4.78, 5) is 8.88. The lowest BCUT2D eigenvalue weighted by Gasteiger charge is -2.07. The molecule has 5 heteroatoms. The average molecular weight is 399 g/mol. The van der Waals surface area contributed by atoms with Gasteiger partial charge in [-0.2, -0.15) is 0 Å². The molecule has 0 unspecified atom stereocenters. The maximum Gasteiger partial charge on any atom is 0.146 e. The molecule has 144 valence electrons. The van der Waals surface area contributed by atoms with Gasteiger partial charge in [0.2, 0.25) is 0 Å². The van der Waals surface area contributed by atoms with Gasteiger partial charge in [-0.25, -0.2) is 4.98 Å². The summed E-state index contributed by atoms with van der Waals surface area (Å²) in [5, 5.41) is 7.60. The van der Waals surface area contributed by atoms with E-state index in [1.165, 1.54) is 0 Å². The van der Waals surface area contributed by atoms with Gasteiger partial charge in [0, 0.05) is 63.2 Å². The molecule has 0 radical (unpaired) electrons. The fraction of sp³-hybridized carbons (Fsp3) is 0. The minimum Gasteiger partial charge on any atom is -0.456 e. The molecule has 5 heterocycles. The number of benzene rings is 3. The first-order valence-corrected chi connectivity index (χ1v) is 10.2. The first-order valence-electron chi connectivity index (χ1n) is 10.2. The van der Waals surface area contributed by atoms with Crippen molar-refractivity contribution in [3.05, 3.63) is 79.4 Å². The quantitative estimate of drug-likeness (QED) is 0.262. The highest BCUT2D eigenvalue weighted by atomic mass is 16.3. The molecule has 8 aromatic rings. The first-order chi connectivity index (χ1) is 15.3. The van der Waals surface area contributed by atoms with Gasteiger partial charge < -0.3 is 8.83 Å². The van der Waals surface area contributed by atoms with E-state index in [1.807, 2.05) is 43.0 Å². The van der Waals surface area contributed by atoms with Crippen LogP contribution in [0.15, 0.2) is 88.2 Å². The van der Waals surface area contributed by atoms with Crippen molar-refractivity contribution >= 4 is 71.2 Å². The highest BCUT2D eigenvalue weighted by Crippen LogP contribution is 2.39. The van der Waals surface area contributed by atoms with Crippen molar-refractivity contribution in [3.63, 3.8) is 0 Å². The van der Waals surface area contributed by atoms with Crippen LogP contribution in [0.3, 0.4) is 0 Å². The van der Waals surface area contributed by atoms with Crippen LogP contribution in [-0.4, -0.2) is 14.4 Å². The second kappa shape index (κ2) is 5.21. The van der Waals surface area contributed by atoms with E-state index in [4.69, 9.17) is 8.83 Å². The van der Waals surface area contributed by atoms with Gasteiger partial charge in [0.15, 0.2) is 0 Å². The lowest BCUT2D eigenvalue weighted by Crippen LogP contribution is -1.91. The molecule has 0 bridgehead atoms. The number of hydrogen-bond donors (Lipinski definition) is 0. The Morgan fingerprint density at radius 1 is 0.613 bits per heavy atom. The molecule has 0 saturated heterocycles. The summed E-state index contributed by atoms with van der Waals surface area (Å²) >= 11 is 0. The fourth-order valence-corrected chi connectivity index (χ4v) is 4.95. The number of pyridine rings is 2. The maximum absolute atomic E-state index is 6.34. The molecule has 0 aliphatic heterocycles. The zero-order valence-electron chi connectivity index (χ0n) is 16.2. The molecule has 0 fully saturated rings. The monoisotopic (exact) mass is 399 g/mol. The van der Waals surface area contributed by atoms with Crippen LogP contribution < -0.4 is 0 Å². The van der Waals surface area contributed by atoms with E-state index >= 15 is 0 Å². The summed E-state index contributed by atoms with van der Waals surface area (Å²) in [6, 6.07) is 18.7. The molecular weight excluding hydrogens is 386 g/mol. The predicted octanol–water partition coefficient (Wildman–Crippen LogP) is 6.83. The molecule has 5 aromatic heterocycles. The van der Waals surface area contributed by atoms with Crippen LogP contribution in [0.2, 0.25) is 0 Å². The van der Waals surface area contributed by atoms with E-state index < -0.39 is 0 Å². The van der Waals surface area contributed by atoms with E-state index in [9.17, 15) is 0 Å². The molecule has 31 heavy (non-hydrogen) atoms. The largest absolute Gasteiger partial charge is 0.456 e. The number of fused-ring (bicyclic) bond motifs is 12. The second-order valence-corrected chi connectivity index (χ2v) is 7.95. The zero-order chi connectivity index (χ0) is 20.1. The smallest absolute Gasteiger partial charge is 0.146 e. The van der Waals surface area contributed by atoms with Gasteiger partial charge >= 0.3 is 0 Å². The average Bonchev–Trinajstić information content (AvgIpc) is 3.51. The summed E-state index contributed by atoms with van der Waals surface area (Å²) in [6.07, 6.45) is 7.52. The molecule has 0 saturated carbocycles. The Labute approximate surface area is 174 Å². The molecule has 0 aliphatic carbocycles. The molecule has 0 atom stereocenters. The summed E-state index contributed by atoms with van der Waals surface area (Å²) in [7, 11) is 0. The van der Waals surface area contributed by atoms with Crippen LogP contribution in [0.5, 0.6) is 0 Å². The maximum atomic E-state index is 6.34. The number of nitrogens with zero attached hydrogens (tertiary/aromatic N) is 3. The third-order valence-corrected chi connectivity index (χ3v) is 6.34. The highest BCUT2D eigenvalue weighted by molar-refractivity contribution is 6.20.